The summed E-state index contributed by atoms with van der Waals surface area (Å²) in [6.45, 7) is 5.52. The van der Waals surface area contributed by atoms with E-state index in [4.69, 9.17) is 10.5 Å². The summed E-state index contributed by atoms with van der Waals surface area (Å²) >= 11 is 0. The summed E-state index contributed by atoms with van der Waals surface area (Å²) in [5.41, 5.74) is 5.23. The van der Waals surface area contributed by atoms with Crippen molar-refractivity contribution in [1.29, 1.82) is 0 Å². The third kappa shape index (κ3) is 4.15. The summed E-state index contributed by atoms with van der Waals surface area (Å²) in [6, 6.07) is 0.211. The van der Waals surface area contributed by atoms with Gasteiger partial charge < -0.3 is 15.8 Å². The zero-order valence-corrected chi connectivity index (χ0v) is 9.69. The van der Waals surface area contributed by atoms with Crippen molar-refractivity contribution in [2.75, 3.05) is 0 Å². The molecule has 14 heavy (non-hydrogen) atoms. The van der Waals surface area contributed by atoms with Crippen LogP contribution in [-0.4, -0.2) is 23.8 Å². The van der Waals surface area contributed by atoms with Crippen molar-refractivity contribution in [3.05, 3.63) is 0 Å². The van der Waals surface area contributed by atoms with E-state index in [1.54, 1.807) is 0 Å². The van der Waals surface area contributed by atoms with E-state index >= 15 is 0 Å². The van der Waals surface area contributed by atoms with E-state index in [0.29, 0.717) is 0 Å². The highest BCUT2D eigenvalue weighted by molar-refractivity contribution is 5.85. The maximum absolute atomic E-state index is 11.2. The predicted octanol–water partition coefficient (Wildman–Crippen LogP) is 1.42. The Morgan fingerprint density at radius 2 is 2.00 bits per heavy atom. The van der Waals surface area contributed by atoms with E-state index in [2.05, 4.69) is 5.32 Å². The van der Waals surface area contributed by atoms with Crippen molar-refractivity contribution in [2.24, 2.45) is 5.73 Å². The van der Waals surface area contributed by atoms with Gasteiger partial charge in [0.15, 0.2) is 0 Å². The molecule has 2 atom stereocenters. The zero-order chi connectivity index (χ0) is 10.1. The molecule has 1 aliphatic carbocycles. The van der Waals surface area contributed by atoms with Gasteiger partial charge in [0.25, 0.3) is 0 Å². The number of nitrogens with two attached hydrogens (primary N) is 1. The lowest BCUT2D eigenvalue weighted by Gasteiger charge is -2.34. The molecule has 0 aromatic carbocycles. The fourth-order valence-electron chi connectivity index (χ4n) is 1.16. The van der Waals surface area contributed by atoms with Crippen LogP contribution in [0.25, 0.3) is 0 Å². The molecule has 0 aliphatic heterocycles. The molecule has 0 unspecified atom stereocenters. The average Bonchev–Trinajstić information content (AvgIpc) is 1.94. The van der Waals surface area contributed by atoms with Crippen molar-refractivity contribution in [1.82, 2.24) is 5.32 Å². The number of amides is 1. The number of alkyl carbamates (subject to hydrolysis) is 1. The maximum Gasteiger partial charge on any atom is 0.407 e. The Morgan fingerprint density at radius 1 is 1.43 bits per heavy atom. The first-order chi connectivity index (χ1) is 5.88. The number of hydrogen-bond acceptors (Lipinski definition) is 3. The van der Waals surface area contributed by atoms with Crippen LogP contribution in [0.1, 0.15) is 33.6 Å². The summed E-state index contributed by atoms with van der Waals surface area (Å²) in [7, 11) is 0. The molecule has 0 aromatic rings. The standard InChI is InChI=1S/C9H18N2O2.ClH/c1-9(2,3)13-8(12)11-7-5-4-6(7)10;/h6-7H,4-5,10H2,1-3H3,(H,11,12);1H/t6-,7-;/m0./s1. The molecule has 0 saturated heterocycles. The molecule has 0 spiro atoms. The van der Waals surface area contributed by atoms with Gasteiger partial charge in [0.2, 0.25) is 0 Å². The quantitative estimate of drug-likeness (QED) is 0.706. The minimum absolute atomic E-state index is 0. The van der Waals surface area contributed by atoms with Crippen LogP contribution in [-0.2, 0) is 4.74 Å². The van der Waals surface area contributed by atoms with Crippen LogP contribution < -0.4 is 11.1 Å². The molecule has 1 amide bonds. The van der Waals surface area contributed by atoms with Crippen molar-refractivity contribution in [3.8, 4) is 0 Å². The van der Waals surface area contributed by atoms with Gasteiger partial charge in [-0.05, 0) is 33.6 Å². The number of carbonyl (C=O) groups excluding carboxylic acids is 1. The molecule has 5 heteroatoms. The summed E-state index contributed by atoms with van der Waals surface area (Å²) in [5.74, 6) is 0. The molecule has 4 nitrogen and oxygen atoms in total. The Kier molecular flexibility index (Phi) is 4.68. The Labute approximate surface area is 91.0 Å². The second kappa shape index (κ2) is 4.84. The van der Waals surface area contributed by atoms with Crippen LogP contribution >= 0.6 is 12.4 Å². The van der Waals surface area contributed by atoms with Gasteiger partial charge in [-0.15, -0.1) is 12.4 Å². The van der Waals surface area contributed by atoms with Crippen LogP contribution in [0.5, 0.6) is 0 Å². The van der Waals surface area contributed by atoms with Gasteiger partial charge in [-0.1, -0.05) is 0 Å². The van der Waals surface area contributed by atoms with Crippen LogP contribution in [0.3, 0.4) is 0 Å². The van der Waals surface area contributed by atoms with E-state index in [0.717, 1.165) is 12.8 Å². The van der Waals surface area contributed by atoms with Gasteiger partial charge in [-0.3, -0.25) is 0 Å². The van der Waals surface area contributed by atoms with E-state index in [1.165, 1.54) is 0 Å². The fraction of sp³-hybridized carbons (Fsp3) is 0.889. The molecular formula is C9H19ClN2O2. The maximum atomic E-state index is 11.2. The number of carbonyl (C=O) groups is 1. The third-order valence-corrected chi connectivity index (χ3v) is 2.03. The van der Waals surface area contributed by atoms with Gasteiger partial charge in [-0.25, -0.2) is 4.79 Å². The second-order valence-corrected chi connectivity index (χ2v) is 4.49. The van der Waals surface area contributed by atoms with E-state index in [-0.39, 0.29) is 30.6 Å². The lowest BCUT2D eigenvalue weighted by atomic mass is 9.87. The normalized spacial score (nSPS) is 25.7. The van der Waals surface area contributed by atoms with Crippen LogP contribution in [0.2, 0.25) is 0 Å². The molecule has 1 saturated carbocycles. The topological polar surface area (TPSA) is 64.3 Å². The van der Waals surface area contributed by atoms with Crippen LogP contribution in [0, 0.1) is 0 Å². The van der Waals surface area contributed by atoms with Gasteiger partial charge in [0.1, 0.15) is 5.60 Å². The van der Waals surface area contributed by atoms with E-state index in [9.17, 15) is 4.79 Å². The fourth-order valence-corrected chi connectivity index (χ4v) is 1.16. The van der Waals surface area contributed by atoms with Gasteiger partial charge in [-0.2, -0.15) is 0 Å². The molecule has 1 aliphatic rings. The van der Waals surface area contributed by atoms with Gasteiger partial charge in [0, 0.05) is 12.1 Å². The van der Waals surface area contributed by atoms with Crippen molar-refractivity contribution in [2.45, 2.75) is 51.3 Å². The molecule has 0 aromatic heterocycles. The molecule has 0 bridgehead atoms. The largest absolute Gasteiger partial charge is 0.444 e. The second-order valence-electron chi connectivity index (χ2n) is 4.49. The molecule has 0 heterocycles. The monoisotopic (exact) mass is 222 g/mol. The summed E-state index contributed by atoms with van der Waals surface area (Å²) in [6.07, 6.45) is 1.58. The minimum atomic E-state index is -0.433. The SMILES string of the molecule is CC(C)(C)OC(=O)N[C@H]1CC[C@@H]1N.Cl. The average molecular weight is 223 g/mol. The first-order valence-corrected chi connectivity index (χ1v) is 4.63. The number of hydrogen-bond donors (Lipinski definition) is 2. The highest BCUT2D eigenvalue weighted by atomic mass is 35.5. The number of halogens is 1. The Morgan fingerprint density at radius 3 is 2.29 bits per heavy atom. The zero-order valence-electron chi connectivity index (χ0n) is 8.87. The number of ether oxygens (including phenoxy) is 1. The Hall–Kier alpha value is -0.480. The van der Waals surface area contributed by atoms with Crippen molar-refractivity contribution >= 4 is 18.5 Å². The molecule has 1 rings (SSSR count). The first-order valence-electron chi connectivity index (χ1n) is 4.63. The molecule has 84 valence electrons. The Bertz CT molecular complexity index is 203. The highest BCUT2D eigenvalue weighted by Gasteiger charge is 2.30. The smallest absolute Gasteiger partial charge is 0.407 e. The van der Waals surface area contributed by atoms with Crippen LogP contribution in [0.15, 0.2) is 0 Å². The number of nitrogens with one attached hydrogen (secondary N) is 1. The van der Waals surface area contributed by atoms with E-state index in [1.807, 2.05) is 20.8 Å². The number of rotatable bonds is 1. The van der Waals surface area contributed by atoms with Crippen molar-refractivity contribution < 1.29 is 9.53 Å². The molecule has 0 radical (unpaired) electrons. The highest BCUT2D eigenvalue weighted by Crippen LogP contribution is 2.18. The van der Waals surface area contributed by atoms with Gasteiger partial charge in [0.05, 0.1) is 0 Å². The summed E-state index contributed by atoms with van der Waals surface area (Å²) in [5, 5.41) is 2.74. The van der Waals surface area contributed by atoms with E-state index < -0.39 is 5.60 Å². The predicted molar refractivity (Wildman–Crippen MR) is 57.6 cm³/mol. The van der Waals surface area contributed by atoms with Crippen molar-refractivity contribution in [3.63, 3.8) is 0 Å². The molecule has 1 fully saturated rings. The summed E-state index contributed by atoms with van der Waals surface area (Å²) in [4.78, 5) is 11.2. The minimum Gasteiger partial charge on any atom is -0.444 e. The van der Waals surface area contributed by atoms with Crippen LogP contribution in [0.4, 0.5) is 4.79 Å². The molecular weight excluding hydrogens is 204 g/mol. The lowest BCUT2D eigenvalue weighted by Crippen LogP contribution is -2.55. The Balaban J connectivity index is 0.00000169. The third-order valence-electron chi connectivity index (χ3n) is 2.03. The molecule has 3 N–H and O–H groups in total. The van der Waals surface area contributed by atoms with Gasteiger partial charge >= 0.3 is 6.09 Å². The summed E-state index contributed by atoms with van der Waals surface area (Å²) < 4.78 is 5.09. The lowest BCUT2D eigenvalue weighted by molar-refractivity contribution is 0.0467. The first kappa shape index (κ1) is 13.5.